The molecule has 0 radical (unpaired) electrons. The summed E-state index contributed by atoms with van der Waals surface area (Å²) in [6.07, 6.45) is 0. The molecule has 6 heteroatoms. The zero-order chi connectivity index (χ0) is 17.6. The first-order valence-corrected chi connectivity index (χ1v) is 9.56. The Balaban J connectivity index is 1.86. The van der Waals surface area contributed by atoms with E-state index < -0.39 is 5.97 Å². The number of carbonyl (C=O) groups is 1. The number of rotatable bonds is 6. The minimum atomic E-state index is -0.458. The Kier molecular flexibility index (Phi) is 5.94. The molecule has 3 rings (SSSR count). The number of aromatic nitrogens is 1. The summed E-state index contributed by atoms with van der Waals surface area (Å²) in [6, 6.07) is 17.5. The van der Waals surface area contributed by atoms with Gasteiger partial charge in [0, 0.05) is 14.9 Å². The van der Waals surface area contributed by atoms with E-state index >= 15 is 0 Å². The van der Waals surface area contributed by atoms with E-state index in [2.05, 4.69) is 20.9 Å². The number of esters is 1. The molecule has 0 saturated carbocycles. The summed E-state index contributed by atoms with van der Waals surface area (Å²) in [4.78, 5) is 17.6. The van der Waals surface area contributed by atoms with Gasteiger partial charge in [0.15, 0.2) is 5.69 Å². The molecule has 4 nitrogen and oxygen atoms in total. The van der Waals surface area contributed by atoms with Crippen molar-refractivity contribution in [1.29, 1.82) is 0 Å². The van der Waals surface area contributed by atoms with Crippen LogP contribution in [0, 0.1) is 0 Å². The fraction of sp³-hybridized carbons (Fsp3) is 0.158. The molecule has 2 aromatic carbocycles. The van der Waals surface area contributed by atoms with E-state index in [4.69, 9.17) is 9.15 Å². The van der Waals surface area contributed by atoms with Crippen LogP contribution in [-0.2, 0) is 10.5 Å². The molecule has 0 N–H and O–H groups in total. The van der Waals surface area contributed by atoms with Crippen molar-refractivity contribution in [2.75, 3.05) is 6.61 Å². The van der Waals surface area contributed by atoms with E-state index in [9.17, 15) is 4.79 Å². The number of ether oxygens (including phenoxy) is 1. The van der Waals surface area contributed by atoms with Crippen molar-refractivity contribution in [3.05, 3.63) is 70.5 Å². The third-order valence-electron chi connectivity index (χ3n) is 3.37. The summed E-state index contributed by atoms with van der Waals surface area (Å²) in [7, 11) is 0. The molecular formula is C19H16BrNO3S. The van der Waals surface area contributed by atoms with E-state index in [0.29, 0.717) is 24.0 Å². The van der Waals surface area contributed by atoms with Crippen molar-refractivity contribution < 1.29 is 13.9 Å². The number of nitrogens with zero attached hydrogens (tertiary/aromatic N) is 1. The van der Waals surface area contributed by atoms with Gasteiger partial charge in [0.05, 0.1) is 12.4 Å². The summed E-state index contributed by atoms with van der Waals surface area (Å²) in [5.74, 6) is 0.982. The van der Waals surface area contributed by atoms with E-state index in [0.717, 1.165) is 14.9 Å². The van der Waals surface area contributed by atoms with Gasteiger partial charge in [-0.25, -0.2) is 9.78 Å². The maximum absolute atomic E-state index is 12.2. The van der Waals surface area contributed by atoms with Crippen molar-refractivity contribution in [3.8, 4) is 11.5 Å². The van der Waals surface area contributed by atoms with Gasteiger partial charge in [0.1, 0.15) is 5.76 Å². The first kappa shape index (κ1) is 17.8. The van der Waals surface area contributed by atoms with Gasteiger partial charge in [-0.1, -0.05) is 34.1 Å². The van der Waals surface area contributed by atoms with Gasteiger partial charge < -0.3 is 9.15 Å². The molecule has 0 spiro atoms. The van der Waals surface area contributed by atoms with E-state index in [1.54, 1.807) is 18.7 Å². The first-order chi connectivity index (χ1) is 12.2. The molecule has 0 fully saturated rings. The number of thioether (sulfide) groups is 1. The lowest BCUT2D eigenvalue weighted by atomic mass is 10.2. The molecule has 0 bridgehead atoms. The molecule has 128 valence electrons. The molecule has 3 aromatic rings. The highest BCUT2D eigenvalue weighted by Gasteiger charge is 2.22. The third-order valence-corrected chi connectivity index (χ3v) is 4.91. The SMILES string of the molecule is CCOC(=O)c1nc(-c2ccccc2)oc1CSc1ccc(Br)cc1. The van der Waals surface area contributed by atoms with Crippen LogP contribution in [0.4, 0.5) is 0 Å². The standard InChI is InChI=1S/C19H16BrNO3S/c1-2-23-19(22)17-16(12-25-15-10-8-14(20)9-11-15)24-18(21-17)13-6-4-3-5-7-13/h3-11H,2,12H2,1H3. The molecule has 0 unspecified atom stereocenters. The van der Waals surface area contributed by atoms with Crippen LogP contribution in [-0.4, -0.2) is 17.6 Å². The molecule has 1 aromatic heterocycles. The van der Waals surface area contributed by atoms with Crippen LogP contribution in [0.2, 0.25) is 0 Å². The number of oxazole rings is 1. The first-order valence-electron chi connectivity index (χ1n) is 7.78. The van der Waals surface area contributed by atoms with Gasteiger partial charge in [0.2, 0.25) is 5.89 Å². The van der Waals surface area contributed by atoms with Gasteiger partial charge in [-0.2, -0.15) is 0 Å². The quantitative estimate of drug-likeness (QED) is 0.387. The van der Waals surface area contributed by atoms with Gasteiger partial charge in [0.25, 0.3) is 0 Å². The molecule has 0 aliphatic carbocycles. The summed E-state index contributed by atoms with van der Waals surface area (Å²) < 4.78 is 12.0. The average Bonchev–Trinajstić information content (AvgIpc) is 3.07. The predicted molar refractivity (Wildman–Crippen MR) is 102 cm³/mol. The highest BCUT2D eigenvalue weighted by Crippen LogP contribution is 2.29. The van der Waals surface area contributed by atoms with Gasteiger partial charge in [-0.15, -0.1) is 11.8 Å². The van der Waals surface area contributed by atoms with Crippen molar-refractivity contribution in [2.24, 2.45) is 0 Å². The summed E-state index contributed by atoms with van der Waals surface area (Å²) in [6.45, 7) is 2.07. The van der Waals surface area contributed by atoms with Crippen molar-refractivity contribution in [1.82, 2.24) is 4.98 Å². The molecule has 0 saturated heterocycles. The third kappa shape index (κ3) is 4.52. The Morgan fingerprint density at radius 3 is 2.56 bits per heavy atom. The summed E-state index contributed by atoms with van der Waals surface area (Å²) >= 11 is 5.00. The van der Waals surface area contributed by atoms with Crippen molar-refractivity contribution in [3.63, 3.8) is 0 Å². The highest BCUT2D eigenvalue weighted by molar-refractivity contribution is 9.10. The number of benzene rings is 2. The number of hydrogen-bond acceptors (Lipinski definition) is 5. The molecule has 25 heavy (non-hydrogen) atoms. The van der Waals surface area contributed by atoms with E-state index in [1.807, 2.05) is 54.6 Å². The van der Waals surface area contributed by atoms with Crippen LogP contribution < -0.4 is 0 Å². The highest BCUT2D eigenvalue weighted by atomic mass is 79.9. The topological polar surface area (TPSA) is 52.3 Å². The Labute approximate surface area is 158 Å². The zero-order valence-electron chi connectivity index (χ0n) is 13.6. The van der Waals surface area contributed by atoms with Crippen LogP contribution in [0.1, 0.15) is 23.2 Å². The van der Waals surface area contributed by atoms with E-state index in [1.165, 1.54) is 0 Å². The lowest BCUT2D eigenvalue weighted by molar-refractivity contribution is 0.0518. The number of carbonyl (C=O) groups excluding carboxylic acids is 1. The molecule has 0 amide bonds. The van der Waals surface area contributed by atoms with Crippen LogP contribution >= 0.6 is 27.7 Å². The Hall–Kier alpha value is -2.05. The van der Waals surface area contributed by atoms with Gasteiger partial charge in [-0.3, -0.25) is 0 Å². The summed E-state index contributed by atoms with van der Waals surface area (Å²) in [5, 5.41) is 0. The van der Waals surface area contributed by atoms with Gasteiger partial charge >= 0.3 is 5.97 Å². The number of hydrogen-bond donors (Lipinski definition) is 0. The second-order valence-electron chi connectivity index (χ2n) is 5.12. The maximum atomic E-state index is 12.2. The minimum absolute atomic E-state index is 0.241. The summed E-state index contributed by atoms with van der Waals surface area (Å²) in [5.41, 5.74) is 1.07. The van der Waals surface area contributed by atoms with Crippen LogP contribution in [0.15, 0.2) is 68.4 Å². The Morgan fingerprint density at radius 2 is 1.88 bits per heavy atom. The normalized spacial score (nSPS) is 10.6. The fourth-order valence-corrected chi connectivity index (χ4v) is 3.28. The van der Waals surface area contributed by atoms with E-state index in [-0.39, 0.29) is 5.69 Å². The maximum Gasteiger partial charge on any atom is 0.360 e. The second-order valence-corrected chi connectivity index (χ2v) is 7.08. The van der Waals surface area contributed by atoms with Crippen LogP contribution in [0.25, 0.3) is 11.5 Å². The van der Waals surface area contributed by atoms with Gasteiger partial charge in [-0.05, 0) is 43.3 Å². The Morgan fingerprint density at radius 1 is 1.16 bits per heavy atom. The zero-order valence-corrected chi connectivity index (χ0v) is 16.0. The average molecular weight is 418 g/mol. The lowest BCUT2D eigenvalue weighted by Crippen LogP contribution is -2.07. The Bertz CT molecular complexity index is 847. The minimum Gasteiger partial charge on any atom is -0.461 e. The molecule has 0 atom stereocenters. The second kappa shape index (κ2) is 8.36. The lowest BCUT2D eigenvalue weighted by Gasteiger charge is -2.02. The molecule has 1 heterocycles. The molecule has 0 aliphatic heterocycles. The van der Waals surface area contributed by atoms with Crippen molar-refractivity contribution in [2.45, 2.75) is 17.6 Å². The predicted octanol–water partition coefficient (Wildman–Crippen LogP) is 5.57. The fourth-order valence-electron chi connectivity index (χ4n) is 2.19. The van der Waals surface area contributed by atoms with Crippen LogP contribution in [0.5, 0.6) is 0 Å². The molecular weight excluding hydrogens is 402 g/mol. The monoisotopic (exact) mass is 417 g/mol. The molecule has 0 aliphatic rings. The number of halogens is 1. The van der Waals surface area contributed by atoms with Crippen molar-refractivity contribution >= 4 is 33.7 Å². The largest absolute Gasteiger partial charge is 0.461 e. The van der Waals surface area contributed by atoms with Crippen LogP contribution in [0.3, 0.4) is 0 Å². The smallest absolute Gasteiger partial charge is 0.360 e.